The Morgan fingerprint density at radius 3 is 1.33 bits per heavy atom. The molecule has 2 aliphatic carbocycles. The Bertz CT molecular complexity index is 497. The largest absolute Gasteiger partial charge is 1.00 e. The van der Waals surface area contributed by atoms with Gasteiger partial charge in [-0.05, 0) is 46.0 Å². The van der Waals surface area contributed by atoms with Crippen molar-refractivity contribution in [1.82, 2.24) is 0 Å². The van der Waals surface area contributed by atoms with E-state index in [-0.39, 0.29) is 62.3 Å². The van der Waals surface area contributed by atoms with E-state index < -0.39 is 0 Å². The van der Waals surface area contributed by atoms with E-state index in [1.54, 1.807) is 0 Å². The molecule has 0 N–H and O–H groups in total. The Labute approximate surface area is 192 Å². The maximum absolute atomic E-state index is 5.85. The molecule has 27 heavy (non-hydrogen) atoms. The number of allylic oxidation sites excluding steroid dienone is 9. The molecule has 0 saturated carbocycles. The van der Waals surface area contributed by atoms with Crippen molar-refractivity contribution in [2.75, 3.05) is 0 Å². The van der Waals surface area contributed by atoms with Gasteiger partial charge in [0.2, 0.25) is 0 Å². The van der Waals surface area contributed by atoms with Gasteiger partial charge in [-0.25, -0.2) is 0 Å². The summed E-state index contributed by atoms with van der Waals surface area (Å²) < 4.78 is 11.7. The fraction of sp³-hybridized carbons (Fsp3) is 0.545. The molecule has 3 rings (SSSR count). The van der Waals surface area contributed by atoms with Crippen LogP contribution >= 0.6 is 0 Å². The van der Waals surface area contributed by atoms with E-state index >= 15 is 0 Å². The molecule has 5 heteroatoms. The molecule has 0 spiro atoms. The molecule has 150 valence electrons. The van der Waals surface area contributed by atoms with Gasteiger partial charge in [0.25, 0.3) is 0 Å². The van der Waals surface area contributed by atoms with Crippen LogP contribution in [0.2, 0.25) is 0 Å². The van der Waals surface area contributed by atoms with Crippen molar-refractivity contribution < 1.29 is 47.9 Å². The van der Waals surface area contributed by atoms with E-state index in [0.29, 0.717) is 0 Å². The third kappa shape index (κ3) is 12.1. The number of hydrogen-bond acceptors (Lipinski definition) is 2. The molecule has 0 radical (unpaired) electrons. The summed E-state index contributed by atoms with van der Waals surface area (Å²) in [5, 5.41) is 0. The van der Waals surface area contributed by atoms with Gasteiger partial charge in [0.05, 0.1) is 11.2 Å². The molecule has 0 aromatic carbocycles. The summed E-state index contributed by atoms with van der Waals surface area (Å²) in [6, 6.07) is 0. The summed E-state index contributed by atoms with van der Waals surface area (Å²) >= 11 is 0. The fourth-order valence-corrected chi connectivity index (χ4v) is 2.12. The zero-order valence-corrected chi connectivity index (χ0v) is 21.2. The third-order valence-electron chi connectivity index (χ3n) is 4.34. The first-order valence-corrected chi connectivity index (χ1v) is 9.22. The number of halogens is 1. The zero-order valence-electron chi connectivity index (χ0n) is 18.0. The zero-order chi connectivity index (χ0) is 19.0. The van der Waals surface area contributed by atoms with Crippen LogP contribution in [0.15, 0.2) is 60.7 Å². The molecule has 0 aromatic heterocycles. The minimum Gasteiger partial charge on any atom is -1.00 e. The van der Waals surface area contributed by atoms with Gasteiger partial charge in [-0.15, -0.1) is 0 Å². The Morgan fingerprint density at radius 1 is 0.778 bits per heavy atom. The van der Waals surface area contributed by atoms with Crippen molar-refractivity contribution >= 4 is 7.12 Å². The van der Waals surface area contributed by atoms with Crippen LogP contribution in [0.3, 0.4) is 0 Å². The van der Waals surface area contributed by atoms with Crippen molar-refractivity contribution in [3.63, 3.8) is 0 Å². The van der Waals surface area contributed by atoms with Crippen molar-refractivity contribution in [2.45, 2.75) is 72.5 Å². The van der Waals surface area contributed by atoms with E-state index in [1.807, 2.05) is 5.98 Å². The second kappa shape index (κ2) is 13.1. The van der Waals surface area contributed by atoms with Crippen LogP contribution in [0.1, 0.15) is 61.3 Å². The van der Waals surface area contributed by atoms with Gasteiger partial charge >= 0.3 is 7.12 Å². The summed E-state index contributed by atoms with van der Waals surface area (Å²) in [5.74, 6) is 2.01. The number of rotatable bonds is 1. The smallest absolute Gasteiger partial charge is 0.486 e. The minimum absolute atomic E-state index is 0. The van der Waals surface area contributed by atoms with Crippen LogP contribution in [0, 0.1) is 5.41 Å². The average Bonchev–Trinajstić information content (AvgIpc) is 3.21. The standard InChI is InChI=1S/C12H23BO2.2C5H6.ClH.Zr/c1-10(2,3)8-9-13-14-11(4,5)12(6,7)15-13;2*1-2-4-5-3-1;;/h8-9H,1-7H3;2*1-4H,5H2;1H;/p-1. The second-order valence-electron chi connectivity index (χ2n) is 8.53. The predicted octanol–water partition coefficient (Wildman–Crippen LogP) is 3.23. The molecule has 0 atom stereocenters. The molecule has 0 aromatic rings. The van der Waals surface area contributed by atoms with E-state index in [0.717, 1.165) is 12.8 Å². The quantitative estimate of drug-likeness (QED) is 0.550. The second-order valence-corrected chi connectivity index (χ2v) is 8.53. The van der Waals surface area contributed by atoms with Crippen molar-refractivity contribution in [1.29, 1.82) is 0 Å². The van der Waals surface area contributed by atoms with Crippen LogP contribution < -0.4 is 12.4 Å². The Balaban J connectivity index is 0. The van der Waals surface area contributed by atoms with Crippen molar-refractivity contribution in [2.24, 2.45) is 5.41 Å². The Kier molecular flexibility index (Phi) is 14.2. The molecule has 0 unspecified atom stereocenters. The predicted molar refractivity (Wildman–Crippen MR) is 110 cm³/mol. The van der Waals surface area contributed by atoms with Crippen LogP contribution in [0.5, 0.6) is 0 Å². The molecule has 0 amide bonds. The molecule has 0 bridgehead atoms. The molecular weight excluding hydrogens is 434 g/mol. The van der Waals surface area contributed by atoms with E-state index in [4.69, 9.17) is 9.31 Å². The van der Waals surface area contributed by atoms with Crippen molar-refractivity contribution in [3.05, 3.63) is 60.7 Å². The van der Waals surface area contributed by atoms with Gasteiger partial charge < -0.3 is 21.7 Å². The first-order chi connectivity index (χ1) is 11.5. The Hall–Kier alpha value is -0.142. The molecule has 1 aliphatic heterocycles. The summed E-state index contributed by atoms with van der Waals surface area (Å²) in [4.78, 5) is 0. The normalized spacial score (nSPS) is 20.5. The summed E-state index contributed by atoms with van der Waals surface area (Å²) in [6.45, 7) is 14.8. The van der Waals surface area contributed by atoms with Gasteiger partial charge in [-0.1, -0.05) is 81.4 Å². The topological polar surface area (TPSA) is 18.5 Å². The monoisotopic (exact) mass is 467 g/mol. The summed E-state index contributed by atoms with van der Waals surface area (Å²) in [7, 11) is -0.214. The van der Waals surface area contributed by atoms with E-state index in [9.17, 15) is 0 Å². The van der Waals surface area contributed by atoms with Crippen LogP contribution in [-0.2, 0) is 35.5 Å². The average molecular weight is 469 g/mol. The maximum atomic E-state index is 5.85. The molecule has 3 aliphatic rings. The fourth-order valence-electron chi connectivity index (χ4n) is 2.12. The van der Waals surface area contributed by atoms with Gasteiger partial charge in [0, 0.05) is 26.2 Å². The maximum Gasteiger partial charge on any atom is 0.486 e. The summed E-state index contributed by atoms with van der Waals surface area (Å²) in [6.07, 6.45) is 21.1. The van der Waals surface area contributed by atoms with E-state index in [1.165, 1.54) is 0 Å². The third-order valence-corrected chi connectivity index (χ3v) is 4.34. The van der Waals surface area contributed by atoms with Crippen LogP contribution in [-0.4, -0.2) is 18.3 Å². The first kappa shape index (κ1) is 29.1. The summed E-state index contributed by atoms with van der Waals surface area (Å²) in [5.41, 5.74) is -0.302. The molecule has 2 nitrogen and oxygen atoms in total. The number of hydrogen-bond donors (Lipinski definition) is 0. The van der Waals surface area contributed by atoms with Gasteiger partial charge in [-0.2, -0.15) is 0 Å². The molecule has 1 saturated heterocycles. The van der Waals surface area contributed by atoms with Gasteiger partial charge in [-0.3, -0.25) is 0 Å². The molecular formula is C22H35BClO2Zr-. The first-order valence-electron chi connectivity index (χ1n) is 9.22. The van der Waals surface area contributed by atoms with Gasteiger partial charge in [0.1, 0.15) is 0 Å². The molecule has 1 fully saturated rings. The SMILES string of the molecule is C1=CCC=C1.C1=CCC=C1.CC(C)(C)C=CB1OC(C)(C)C(C)(C)O1.[Cl-].[Zr]. The molecule has 1 heterocycles. The van der Waals surface area contributed by atoms with Crippen LogP contribution in [0.4, 0.5) is 0 Å². The van der Waals surface area contributed by atoms with Gasteiger partial charge in [0.15, 0.2) is 0 Å². The Morgan fingerprint density at radius 2 is 1.11 bits per heavy atom. The van der Waals surface area contributed by atoms with Crippen molar-refractivity contribution in [3.8, 4) is 0 Å². The van der Waals surface area contributed by atoms with Crippen LogP contribution in [0.25, 0.3) is 0 Å². The van der Waals surface area contributed by atoms with E-state index in [2.05, 4.69) is 103 Å². The minimum atomic E-state index is -0.236.